The summed E-state index contributed by atoms with van der Waals surface area (Å²) in [4.78, 5) is 40.7. The second-order valence-corrected chi connectivity index (χ2v) is 21.5. The lowest BCUT2D eigenvalue weighted by Gasteiger charge is -2.62. The summed E-state index contributed by atoms with van der Waals surface area (Å²) < 4.78 is 42.7. The van der Waals surface area contributed by atoms with Gasteiger partial charge in [-0.2, -0.15) is 4.98 Å². The number of sulfonamides is 1. The predicted octanol–water partition coefficient (Wildman–Crippen LogP) is 7.03. The van der Waals surface area contributed by atoms with Gasteiger partial charge in [0.25, 0.3) is 21.6 Å². The number of nitrogens with zero attached hydrogens (tertiary/aromatic N) is 5. The minimum atomic E-state index is -4.61. The van der Waals surface area contributed by atoms with E-state index >= 15 is 0 Å². The fourth-order valence-electron chi connectivity index (χ4n) is 11.7. The Bertz CT molecular complexity index is 2930. The Labute approximate surface area is 389 Å². The van der Waals surface area contributed by atoms with Crippen molar-refractivity contribution < 1.29 is 32.7 Å². The Balaban J connectivity index is 0.868. The lowest BCUT2D eigenvalue weighted by Crippen LogP contribution is -2.66. The number of carbonyl (C=O) groups excluding carboxylic acids is 1. The van der Waals surface area contributed by atoms with Crippen LogP contribution in [0.15, 0.2) is 83.9 Å². The van der Waals surface area contributed by atoms with E-state index in [0.29, 0.717) is 67.6 Å². The maximum absolute atomic E-state index is 14.5. The minimum absolute atomic E-state index is 0.0884. The van der Waals surface area contributed by atoms with E-state index in [1.54, 1.807) is 12.3 Å². The number of aliphatic hydroxyl groups is 1. The van der Waals surface area contributed by atoms with Gasteiger partial charge in [0.2, 0.25) is 5.88 Å². The Morgan fingerprint density at radius 2 is 1.85 bits per heavy atom. The van der Waals surface area contributed by atoms with E-state index in [1.807, 2.05) is 48.2 Å². The first-order valence-corrected chi connectivity index (χ1v) is 24.8. The van der Waals surface area contributed by atoms with Gasteiger partial charge in [0.05, 0.1) is 45.9 Å². The van der Waals surface area contributed by atoms with Crippen LogP contribution in [0.1, 0.15) is 85.8 Å². The zero-order valence-corrected chi connectivity index (χ0v) is 38.1. The number of benzene rings is 3. The summed E-state index contributed by atoms with van der Waals surface area (Å²) in [5.41, 5.74) is 4.09. The van der Waals surface area contributed by atoms with Crippen LogP contribution in [0.4, 0.5) is 28.4 Å². The Kier molecular flexibility index (Phi) is 10.7. The SMILES string of the molecule is C#Cc1ccccc1[C@@H]1CCCN1C1CC2(C1)CN(c1ccc(C(=O)NS(=O)(=O)c3ccc(NCC4CCC(C)(O)CC4)c([N+](=O)[O-])c3)c(N3c4cc5cc[nH]c5nc4O[C@H]4COC[C@@H]43)c1)C2. The molecule has 6 heterocycles. The molecular weight excluding hydrogens is 873 g/mol. The van der Waals surface area contributed by atoms with Gasteiger partial charge in [-0.25, -0.2) is 13.1 Å². The zero-order chi connectivity index (χ0) is 46.2. The summed E-state index contributed by atoms with van der Waals surface area (Å²) in [6, 6.07) is 21.6. The number of pyridine rings is 1. The zero-order valence-electron chi connectivity index (χ0n) is 37.3. The number of nitro groups is 1. The van der Waals surface area contributed by atoms with Gasteiger partial charge in [-0.05, 0) is 125 Å². The van der Waals surface area contributed by atoms with Gasteiger partial charge < -0.3 is 34.7 Å². The fraction of sp³-hybridized carbons (Fsp3) is 0.440. The lowest BCUT2D eigenvalue weighted by molar-refractivity contribution is -0.384. The first kappa shape index (κ1) is 43.4. The molecule has 1 spiro atoms. The second kappa shape index (κ2) is 16.5. The number of aromatic amines is 1. The summed E-state index contributed by atoms with van der Waals surface area (Å²) in [7, 11) is -4.61. The van der Waals surface area contributed by atoms with Gasteiger partial charge in [0.15, 0.2) is 0 Å². The second-order valence-electron chi connectivity index (χ2n) is 19.8. The van der Waals surface area contributed by atoms with Crippen LogP contribution in [-0.2, 0) is 14.8 Å². The number of carbonyl (C=O) groups is 1. The van der Waals surface area contributed by atoms with Crippen LogP contribution >= 0.6 is 0 Å². The highest BCUT2D eigenvalue weighted by atomic mass is 32.2. The van der Waals surface area contributed by atoms with Crippen LogP contribution in [0.25, 0.3) is 11.0 Å². The van der Waals surface area contributed by atoms with Crippen molar-refractivity contribution in [3.8, 4) is 18.2 Å². The molecule has 0 radical (unpaired) electrons. The van der Waals surface area contributed by atoms with Crippen molar-refractivity contribution in [2.45, 2.75) is 93.0 Å². The van der Waals surface area contributed by atoms with E-state index in [2.05, 4.69) is 42.9 Å². The highest BCUT2D eigenvalue weighted by Crippen LogP contribution is 2.55. The number of nitro benzene ring substituents is 1. The Hall–Kier alpha value is -6.19. The molecule has 11 rings (SSSR count). The Morgan fingerprint density at radius 3 is 2.64 bits per heavy atom. The molecule has 5 fully saturated rings. The molecular formula is C50H54N8O8S. The molecule has 4 aliphatic heterocycles. The fourth-order valence-corrected chi connectivity index (χ4v) is 12.6. The third-order valence-electron chi connectivity index (χ3n) is 15.3. The van der Waals surface area contributed by atoms with Crippen molar-refractivity contribution in [2.24, 2.45) is 11.3 Å². The molecule has 2 saturated carbocycles. The van der Waals surface area contributed by atoms with Crippen molar-refractivity contribution in [3.63, 3.8) is 0 Å². The van der Waals surface area contributed by atoms with Crippen LogP contribution < -0.4 is 24.6 Å². The van der Waals surface area contributed by atoms with E-state index in [-0.39, 0.29) is 28.6 Å². The number of ether oxygens (including phenoxy) is 2. The van der Waals surface area contributed by atoms with Gasteiger partial charge >= 0.3 is 0 Å². The van der Waals surface area contributed by atoms with Gasteiger partial charge in [-0.3, -0.25) is 19.8 Å². The summed E-state index contributed by atoms with van der Waals surface area (Å²) >= 11 is 0. The van der Waals surface area contributed by atoms with E-state index in [4.69, 9.17) is 20.9 Å². The predicted molar refractivity (Wildman–Crippen MR) is 253 cm³/mol. The van der Waals surface area contributed by atoms with Gasteiger partial charge in [-0.15, -0.1) is 6.42 Å². The number of hydrogen-bond donors (Lipinski definition) is 4. The van der Waals surface area contributed by atoms with Crippen LogP contribution in [0, 0.1) is 33.8 Å². The molecule has 6 aliphatic rings. The first-order valence-electron chi connectivity index (χ1n) is 23.3. The van der Waals surface area contributed by atoms with Gasteiger partial charge in [0, 0.05) is 66.0 Å². The molecule has 17 heteroatoms. The molecule has 5 aromatic rings. The molecule has 0 bridgehead atoms. The van der Waals surface area contributed by atoms with Crippen LogP contribution in [0.2, 0.25) is 0 Å². The molecule has 1 amide bonds. The summed E-state index contributed by atoms with van der Waals surface area (Å²) in [5, 5.41) is 26.6. The molecule has 3 aromatic carbocycles. The topological polar surface area (TPSA) is 196 Å². The number of likely N-dealkylation sites (tertiary alicyclic amines) is 1. The summed E-state index contributed by atoms with van der Waals surface area (Å²) in [6.45, 7) is 5.58. The summed E-state index contributed by atoms with van der Waals surface area (Å²) in [6.07, 6.45) is 14.5. The lowest BCUT2D eigenvalue weighted by atomic mass is 9.60. The average molecular weight is 927 g/mol. The van der Waals surface area contributed by atoms with Gasteiger partial charge in [-0.1, -0.05) is 24.1 Å². The molecule has 16 nitrogen and oxygen atoms in total. The van der Waals surface area contributed by atoms with E-state index in [0.717, 1.165) is 80.9 Å². The molecule has 348 valence electrons. The van der Waals surface area contributed by atoms with E-state index in [9.17, 15) is 28.4 Å². The number of H-pyrrole nitrogens is 1. The number of anilines is 4. The van der Waals surface area contributed by atoms with Crippen molar-refractivity contribution in [1.29, 1.82) is 0 Å². The van der Waals surface area contributed by atoms with Crippen LogP contribution in [-0.4, -0.2) is 102 Å². The molecule has 2 aliphatic carbocycles. The van der Waals surface area contributed by atoms with E-state index < -0.39 is 43.1 Å². The van der Waals surface area contributed by atoms with Crippen molar-refractivity contribution in [1.82, 2.24) is 19.6 Å². The van der Waals surface area contributed by atoms with Crippen molar-refractivity contribution in [2.75, 3.05) is 54.5 Å². The van der Waals surface area contributed by atoms with Crippen LogP contribution in [0.3, 0.4) is 0 Å². The number of hydrogen-bond acceptors (Lipinski definition) is 13. The van der Waals surface area contributed by atoms with Crippen molar-refractivity contribution in [3.05, 3.63) is 106 Å². The molecule has 67 heavy (non-hydrogen) atoms. The third kappa shape index (κ3) is 7.93. The number of aromatic nitrogens is 2. The molecule has 3 saturated heterocycles. The molecule has 0 unspecified atom stereocenters. The standard InChI is InChI=1S/C50H54N8O8S/c1-3-32-7-4-5-8-37(32)40-9-6-20-56(40)35-24-50(25-35)29-55(30-50)34-10-12-38(41(22-34)57-43-21-33-16-19-51-46(33)53-48(43)66-45-28-65-27-44(45)57)47(59)54-67(63,64)36-11-13-39(42(23-36)58(61)62)52-26-31-14-17-49(2,60)18-15-31/h1,4-5,7-8,10-13,16,19,21-23,31,35,40,44-45,52,60H,6,9,14-15,17-18,20,24-30H2,2H3,(H,51,53)(H,54,59)/t31?,40-,44-,45-,49?/m0/s1. The molecule has 4 N–H and O–H groups in total. The number of fused-ring (bicyclic) bond motifs is 3. The summed E-state index contributed by atoms with van der Waals surface area (Å²) in [5.74, 6) is 2.55. The highest BCUT2D eigenvalue weighted by molar-refractivity contribution is 7.90. The quantitative estimate of drug-likeness (QED) is 0.0600. The highest BCUT2D eigenvalue weighted by Gasteiger charge is 2.55. The van der Waals surface area contributed by atoms with Gasteiger partial charge in [0.1, 0.15) is 23.1 Å². The smallest absolute Gasteiger partial charge is 0.293 e. The molecule has 3 atom stereocenters. The van der Waals surface area contributed by atoms with E-state index in [1.165, 1.54) is 17.7 Å². The minimum Gasteiger partial charge on any atom is -0.468 e. The van der Waals surface area contributed by atoms with Crippen LogP contribution in [0.5, 0.6) is 5.88 Å². The normalized spacial score (nSPS) is 25.7. The van der Waals surface area contributed by atoms with Crippen molar-refractivity contribution >= 4 is 55.4 Å². The molecule has 2 aromatic heterocycles. The average Bonchev–Trinajstić information content (AvgIpc) is 4.08. The number of amides is 1. The monoisotopic (exact) mass is 926 g/mol. The number of nitrogens with one attached hydrogen (secondary N) is 3. The maximum Gasteiger partial charge on any atom is 0.293 e. The third-order valence-corrected chi connectivity index (χ3v) is 16.6. The maximum atomic E-state index is 14.5. The first-order chi connectivity index (χ1) is 32.3. The largest absolute Gasteiger partial charge is 0.468 e. The number of terminal acetylenes is 1. The Morgan fingerprint density at radius 1 is 1.04 bits per heavy atom. The number of rotatable bonds is 11.